The second kappa shape index (κ2) is 2.69. The zero-order valence-corrected chi connectivity index (χ0v) is 5.89. The van der Waals surface area contributed by atoms with Crippen LogP contribution >= 0.6 is 0 Å². The van der Waals surface area contributed by atoms with Crippen molar-refractivity contribution in [3.05, 3.63) is 30.6 Å². The highest BCUT2D eigenvalue weighted by molar-refractivity contribution is 5.78. The number of carbonyl (C=O) groups excluding carboxylic acids is 1. The number of hydrogen-bond acceptors (Lipinski definition) is 2. The molecule has 10 heavy (non-hydrogen) atoms. The maximum Gasteiger partial charge on any atom is 0.134 e. The topological polar surface area (TPSA) is 30.2 Å². The molecule has 53 valence electrons. The monoisotopic (exact) mass is 137 g/mol. The molecule has 0 aromatic carbocycles. The van der Waals surface area contributed by atoms with Crippen LogP contribution in [0.15, 0.2) is 16.9 Å². The second-order valence-electron chi connectivity index (χ2n) is 2.30. The molecule has 0 aliphatic heterocycles. The summed E-state index contributed by atoms with van der Waals surface area (Å²) in [6.45, 7) is 5.24. The van der Waals surface area contributed by atoms with Crippen LogP contribution in [0.1, 0.15) is 18.1 Å². The third-order valence-electron chi connectivity index (χ3n) is 1.27. The SMILES string of the molecule is [CH2]c1cocc1CC(C)=O. The Morgan fingerprint density at radius 2 is 2.40 bits per heavy atom. The Bertz CT molecular complexity index is 235. The van der Waals surface area contributed by atoms with Crippen LogP contribution in [0.25, 0.3) is 0 Å². The van der Waals surface area contributed by atoms with Crippen LogP contribution < -0.4 is 0 Å². The van der Waals surface area contributed by atoms with E-state index < -0.39 is 0 Å². The molecule has 0 aliphatic rings. The van der Waals surface area contributed by atoms with Gasteiger partial charge in [0.25, 0.3) is 0 Å². The van der Waals surface area contributed by atoms with Gasteiger partial charge in [0, 0.05) is 12.0 Å². The van der Waals surface area contributed by atoms with E-state index in [9.17, 15) is 4.79 Å². The first-order valence-corrected chi connectivity index (χ1v) is 3.06. The fourth-order valence-electron chi connectivity index (χ4n) is 0.773. The van der Waals surface area contributed by atoms with Gasteiger partial charge < -0.3 is 4.42 Å². The summed E-state index contributed by atoms with van der Waals surface area (Å²) in [7, 11) is 0. The van der Waals surface area contributed by atoms with Crippen molar-refractivity contribution < 1.29 is 9.21 Å². The van der Waals surface area contributed by atoms with E-state index >= 15 is 0 Å². The molecule has 0 bridgehead atoms. The number of ketones is 1. The molecule has 0 saturated heterocycles. The average Bonchev–Trinajstić information content (AvgIpc) is 2.15. The van der Waals surface area contributed by atoms with Crippen LogP contribution in [-0.2, 0) is 11.2 Å². The van der Waals surface area contributed by atoms with Crippen molar-refractivity contribution in [2.45, 2.75) is 13.3 Å². The molecule has 1 heterocycles. The summed E-state index contributed by atoms with van der Waals surface area (Å²) in [6.07, 6.45) is 3.53. The quantitative estimate of drug-likeness (QED) is 0.619. The Labute approximate surface area is 59.8 Å². The van der Waals surface area contributed by atoms with Crippen LogP contribution in [0.3, 0.4) is 0 Å². The van der Waals surface area contributed by atoms with Gasteiger partial charge >= 0.3 is 0 Å². The molecular formula is C8H9O2. The van der Waals surface area contributed by atoms with Crippen molar-refractivity contribution in [3.8, 4) is 0 Å². The molecule has 0 aliphatic carbocycles. The third-order valence-corrected chi connectivity index (χ3v) is 1.27. The molecule has 1 aromatic rings. The molecule has 0 N–H and O–H groups in total. The minimum atomic E-state index is 0.131. The molecule has 0 unspecified atom stereocenters. The molecule has 0 saturated carbocycles. The molecule has 0 spiro atoms. The Morgan fingerprint density at radius 1 is 1.70 bits per heavy atom. The van der Waals surface area contributed by atoms with E-state index in [1.807, 2.05) is 0 Å². The lowest BCUT2D eigenvalue weighted by Crippen LogP contribution is -1.95. The van der Waals surface area contributed by atoms with E-state index in [4.69, 9.17) is 4.42 Å². The number of furan rings is 1. The maximum absolute atomic E-state index is 10.6. The average molecular weight is 137 g/mol. The van der Waals surface area contributed by atoms with Gasteiger partial charge in [0.1, 0.15) is 5.78 Å². The van der Waals surface area contributed by atoms with Gasteiger partial charge in [-0.2, -0.15) is 0 Å². The molecule has 2 heteroatoms. The summed E-state index contributed by atoms with van der Waals surface area (Å²) in [4.78, 5) is 10.6. The highest BCUT2D eigenvalue weighted by atomic mass is 16.3. The van der Waals surface area contributed by atoms with Crippen LogP contribution in [-0.4, -0.2) is 5.78 Å². The number of carbonyl (C=O) groups is 1. The van der Waals surface area contributed by atoms with E-state index in [2.05, 4.69) is 6.92 Å². The van der Waals surface area contributed by atoms with Gasteiger partial charge in [0.05, 0.1) is 12.5 Å². The predicted octanol–water partition coefficient (Wildman–Crippen LogP) is 1.59. The standard InChI is InChI=1S/C8H9O2/c1-6-4-10-5-8(6)3-7(2)9/h4-5H,1,3H2,2H3. The first kappa shape index (κ1) is 7.06. The minimum absolute atomic E-state index is 0.131. The molecule has 2 nitrogen and oxygen atoms in total. The summed E-state index contributed by atoms with van der Waals surface area (Å²) in [5.41, 5.74) is 1.68. The minimum Gasteiger partial charge on any atom is -0.472 e. The first-order valence-electron chi connectivity index (χ1n) is 3.06. The summed E-state index contributed by atoms with van der Waals surface area (Å²) in [5.74, 6) is 0.131. The first-order chi connectivity index (χ1) is 4.70. The second-order valence-corrected chi connectivity index (χ2v) is 2.30. The molecule has 0 fully saturated rings. The van der Waals surface area contributed by atoms with Crippen molar-refractivity contribution in [3.63, 3.8) is 0 Å². The van der Waals surface area contributed by atoms with Gasteiger partial charge in [0.15, 0.2) is 0 Å². The van der Waals surface area contributed by atoms with Crippen LogP contribution in [0.4, 0.5) is 0 Å². The van der Waals surface area contributed by atoms with Crippen LogP contribution in [0.5, 0.6) is 0 Å². The van der Waals surface area contributed by atoms with Crippen molar-refractivity contribution in [2.24, 2.45) is 0 Å². The molecule has 1 aromatic heterocycles. The largest absolute Gasteiger partial charge is 0.472 e. The molecule has 1 radical (unpaired) electrons. The Balaban J connectivity index is 2.74. The lowest BCUT2D eigenvalue weighted by atomic mass is 10.1. The van der Waals surface area contributed by atoms with Gasteiger partial charge in [-0.15, -0.1) is 0 Å². The summed E-state index contributed by atoms with van der Waals surface area (Å²) in [5, 5.41) is 0. The number of hydrogen-bond donors (Lipinski definition) is 0. The van der Waals surface area contributed by atoms with Crippen LogP contribution in [0, 0.1) is 6.92 Å². The number of Topliss-reactive ketones (excluding diaryl/α,β-unsaturated/α-hetero) is 1. The molecular weight excluding hydrogens is 128 g/mol. The van der Waals surface area contributed by atoms with E-state index in [1.54, 1.807) is 13.2 Å². The van der Waals surface area contributed by atoms with Gasteiger partial charge in [0.2, 0.25) is 0 Å². The Hall–Kier alpha value is -1.05. The lowest BCUT2D eigenvalue weighted by Gasteiger charge is -1.90. The lowest BCUT2D eigenvalue weighted by molar-refractivity contribution is -0.116. The Morgan fingerprint density at radius 3 is 2.80 bits per heavy atom. The zero-order valence-electron chi connectivity index (χ0n) is 5.89. The smallest absolute Gasteiger partial charge is 0.134 e. The summed E-state index contributed by atoms with van der Waals surface area (Å²) < 4.78 is 4.83. The molecule has 1 rings (SSSR count). The van der Waals surface area contributed by atoms with E-state index in [0.29, 0.717) is 6.42 Å². The van der Waals surface area contributed by atoms with Crippen molar-refractivity contribution >= 4 is 5.78 Å². The van der Waals surface area contributed by atoms with Gasteiger partial charge in [-0.3, -0.25) is 4.79 Å². The van der Waals surface area contributed by atoms with Gasteiger partial charge in [-0.1, -0.05) is 0 Å². The summed E-state index contributed by atoms with van der Waals surface area (Å²) in [6, 6.07) is 0. The fourth-order valence-corrected chi connectivity index (χ4v) is 0.773. The van der Waals surface area contributed by atoms with Gasteiger partial charge in [-0.05, 0) is 19.4 Å². The van der Waals surface area contributed by atoms with Crippen molar-refractivity contribution in [1.82, 2.24) is 0 Å². The molecule has 0 amide bonds. The molecule has 0 atom stereocenters. The number of rotatable bonds is 2. The van der Waals surface area contributed by atoms with E-state index in [-0.39, 0.29) is 5.78 Å². The van der Waals surface area contributed by atoms with Gasteiger partial charge in [-0.25, -0.2) is 0 Å². The van der Waals surface area contributed by atoms with Crippen LogP contribution in [0.2, 0.25) is 0 Å². The fraction of sp³-hybridized carbons (Fsp3) is 0.250. The van der Waals surface area contributed by atoms with Crippen molar-refractivity contribution in [2.75, 3.05) is 0 Å². The maximum atomic E-state index is 10.6. The predicted molar refractivity (Wildman–Crippen MR) is 37.6 cm³/mol. The highest BCUT2D eigenvalue weighted by Crippen LogP contribution is 2.08. The Kier molecular flexibility index (Phi) is 1.90. The zero-order chi connectivity index (χ0) is 7.56. The van der Waals surface area contributed by atoms with E-state index in [1.165, 1.54) is 6.26 Å². The van der Waals surface area contributed by atoms with Crippen molar-refractivity contribution in [1.29, 1.82) is 0 Å². The highest BCUT2D eigenvalue weighted by Gasteiger charge is 2.02. The normalized spacial score (nSPS) is 9.80. The van der Waals surface area contributed by atoms with E-state index in [0.717, 1.165) is 11.1 Å². The third kappa shape index (κ3) is 1.47. The summed E-state index contributed by atoms with van der Waals surface area (Å²) >= 11 is 0.